The zero-order chi connectivity index (χ0) is 14.7. The van der Waals surface area contributed by atoms with Gasteiger partial charge in [-0.3, -0.25) is 4.79 Å². The van der Waals surface area contributed by atoms with Crippen LogP contribution >= 0.6 is 0 Å². The van der Waals surface area contributed by atoms with Gasteiger partial charge in [-0.25, -0.2) is 9.97 Å². The molecule has 1 amide bonds. The van der Waals surface area contributed by atoms with Crippen molar-refractivity contribution in [3.8, 4) is 0 Å². The zero-order valence-electron chi connectivity index (χ0n) is 12.2. The summed E-state index contributed by atoms with van der Waals surface area (Å²) in [5.74, 6) is 0.194. The summed E-state index contributed by atoms with van der Waals surface area (Å²) in [6.07, 6.45) is 3.76. The van der Waals surface area contributed by atoms with Gasteiger partial charge in [-0.15, -0.1) is 0 Å². The third kappa shape index (κ3) is 3.10. The van der Waals surface area contributed by atoms with Gasteiger partial charge < -0.3 is 4.90 Å². The Morgan fingerprint density at radius 2 is 1.90 bits per heavy atom. The topological polar surface area (TPSA) is 46.1 Å². The summed E-state index contributed by atoms with van der Waals surface area (Å²) < 4.78 is 0. The van der Waals surface area contributed by atoms with E-state index in [0.29, 0.717) is 6.42 Å². The van der Waals surface area contributed by atoms with E-state index in [1.807, 2.05) is 42.2 Å². The van der Waals surface area contributed by atoms with Crippen molar-refractivity contribution in [2.75, 3.05) is 13.1 Å². The van der Waals surface area contributed by atoms with Gasteiger partial charge in [0.15, 0.2) is 0 Å². The molecule has 0 saturated heterocycles. The molecule has 0 spiro atoms. The van der Waals surface area contributed by atoms with Gasteiger partial charge in [-0.2, -0.15) is 0 Å². The van der Waals surface area contributed by atoms with Gasteiger partial charge in [-0.1, -0.05) is 30.3 Å². The van der Waals surface area contributed by atoms with Crippen LogP contribution in [0.15, 0.2) is 36.7 Å². The molecular formula is C17H19N3O. The van der Waals surface area contributed by atoms with Crippen LogP contribution in [-0.4, -0.2) is 33.9 Å². The van der Waals surface area contributed by atoms with Gasteiger partial charge in [-0.05, 0) is 24.5 Å². The fourth-order valence-corrected chi connectivity index (χ4v) is 2.82. The first kappa shape index (κ1) is 13.7. The van der Waals surface area contributed by atoms with E-state index in [1.54, 1.807) is 6.33 Å². The van der Waals surface area contributed by atoms with Gasteiger partial charge in [0.1, 0.15) is 6.33 Å². The Labute approximate surface area is 124 Å². The molecule has 21 heavy (non-hydrogen) atoms. The van der Waals surface area contributed by atoms with Crippen molar-refractivity contribution in [1.82, 2.24) is 14.9 Å². The Kier molecular flexibility index (Phi) is 3.95. The fourth-order valence-electron chi connectivity index (χ4n) is 2.82. The van der Waals surface area contributed by atoms with E-state index in [1.165, 1.54) is 5.56 Å². The maximum atomic E-state index is 12.4. The minimum absolute atomic E-state index is 0.194. The first-order valence-electron chi connectivity index (χ1n) is 7.35. The summed E-state index contributed by atoms with van der Waals surface area (Å²) in [5.41, 5.74) is 4.42. The molecule has 0 unspecified atom stereocenters. The summed E-state index contributed by atoms with van der Waals surface area (Å²) in [5, 5.41) is 0. The highest BCUT2D eigenvalue weighted by atomic mass is 16.2. The minimum Gasteiger partial charge on any atom is -0.342 e. The van der Waals surface area contributed by atoms with Gasteiger partial charge in [0, 0.05) is 30.9 Å². The van der Waals surface area contributed by atoms with Crippen LogP contribution in [0.1, 0.15) is 22.5 Å². The van der Waals surface area contributed by atoms with Crippen molar-refractivity contribution >= 4 is 5.91 Å². The number of carbonyl (C=O) groups excluding carboxylic acids is 1. The van der Waals surface area contributed by atoms with Crippen LogP contribution < -0.4 is 0 Å². The monoisotopic (exact) mass is 281 g/mol. The Morgan fingerprint density at radius 1 is 1.14 bits per heavy atom. The SMILES string of the molecule is Cc1ncnc2c1CCN(C(=O)Cc1ccccc1)CC2. The highest BCUT2D eigenvalue weighted by Crippen LogP contribution is 2.16. The first-order chi connectivity index (χ1) is 10.2. The molecule has 1 aliphatic rings. The normalized spacial score (nSPS) is 14.4. The van der Waals surface area contributed by atoms with E-state index in [4.69, 9.17) is 0 Å². The Hall–Kier alpha value is -2.23. The summed E-state index contributed by atoms with van der Waals surface area (Å²) in [6, 6.07) is 9.91. The standard InChI is InChI=1S/C17H19N3O/c1-13-15-7-9-20(10-8-16(15)19-12-18-13)17(21)11-14-5-3-2-4-6-14/h2-6,12H,7-11H2,1H3. The highest BCUT2D eigenvalue weighted by molar-refractivity contribution is 5.78. The van der Waals surface area contributed by atoms with Crippen molar-refractivity contribution in [1.29, 1.82) is 0 Å². The maximum Gasteiger partial charge on any atom is 0.227 e. The van der Waals surface area contributed by atoms with E-state index in [9.17, 15) is 4.79 Å². The molecule has 108 valence electrons. The van der Waals surface area contributed by atoms with Crippen LogP contribution in [0.4, 0.5) is 0 Å². The van der Waals surface area contributed by atoms with Gasteiger partial charge in [0.2, 0.25) is 5.91 Å². The van der Waals surface area contributed by atoms with Crippen LogP contribution in [-0.2, 0) is 24.1 Å². The second-order valence-corrected chi connectivity index (χ2v) is 5.43. The van der Waals surface area contributed by atoms with Crippen molar-refractivity contribution in [2.24, 2.45) is 0 Å². The smallest absolute Gasteiger partial charge is 0.227 e. The average molecular weight is 281 g/mol. The molecule has 0 radical (unpaired) electrons. The van der Waals surface area contributed by atoms with Crippen molar-refractivity contribution in [3.63, 3.8) is 0 Å². The lowest BCUT2D eigenvalue weighted by Gasteiger charge is -2.20. The van der Waals surface area contributed by atoms with E-state index in [-0.39, 0.29) is 5.91 Å². The number of benzene rings is 1. The molecule has 1 aromatic heterocycles. The highest BCUT2D eigenvalue weighted by Gasteiger charge is 2.20. The lowest BCUT2D eigenvalue weighted by atomic mass is 10.1. The fraction of sp³-hybridized carbons (Fsp3) is 0.353. The number of rotatable bonds is 2. The molecule has 1 aliphatic heterocycles. The molecule has 4 heteroatoms. The van der Waals surface area contributed by atoms with Gasteiger partial charge in [0.05, 0.1) is 6.42 Å². The molecule has 4 nitrogen and oxygen atoms in total. The Balaban J connectivity index is 1.69. The summed E-state index contributed by atoms with van der Waals surface area (Å²) in [4.78, 5) is 23.0. The quantitative estimate of drug-likeness (QED) is 0.845. The van der Waals surface area contributed by atoms with Crippen LogP contribution in [0, 0.1) is 6.92 Å². The maximum absolute atomic E-state index is 12.4. The molecule has 2 heterocycles. The molecule has 3 rings (SSSR count). The third-order valence-corrected chi connectivity index (χ3v) is 4.05. The largest absolute Gasteiger partial charge is 0.342 e. The third-order valence-electron chi connectivity index (χ3n) is 4.05. The number of aryl methyl sites for hydroxylation is 1. The lowest BCUT2D eigenvalue weighted by molar-refractivity contribution is -0.130. The Morgan fingerprint density at radius 3 is 2.71 bits per heavy atom. The number of hydrogen-bond acceptors (Lipinski definition) is 3. The summed E-state index contributed by atoms with van der Waals surface area (Å²) >= 11 is 0. The van der Waals surface area contributed by atoms with E-state index < -0.39 is 0 Å². The number of amides is 1. The zero-order valence-corrected chi connectivity index (χ0v) is 12.2. The van der Waals surface area contributed by atoms with Crippen molar-refractivity contribution < 1.29 is 4.79 Å². The van der Waals surface area contributed by atoms with E-state index >= 15 is 0 Å². The number of aromatic nitrogens is 2. The molecule has 2 aromatic rings. The predicted octanol–water partition coefficient (Wildman–Crippen LogP) is 1.95. The van der Waals surface area contributed by atoms with E-state index in [0.717, 1.165) is 42.9 Å². The molecule has 0 fully saturated rings. The van der Waals surface area contributed by atoms with Crippen LogP contribution in [0.25, 0.3) is 0 Å². The number of fused-ring (bicyclic) bond motifs is 1. The number of nitrogens with zero attached hydrogens (tertiary/aromatic N) is 3. The molecule has 0 saturated carbocycles. The van der Waals surface area contributed by atoms with Crippen LogP contribution in [0.2, 0.25) is 0 Å². The van der Waals surface area contributed by atoms with Gasteiger partial charge in [0.25, 0.3) is 0 Å². The molecule has 0 atom stereocenters. The first-order valence-corrected chi connectivity index (χ1v) is 7.35. The van der Waals surface area contributed by atoms with Crippen molar-refractivity contribution in [3.05, 3.63) is 59.2 Å². The van der Waals surface area contributed by atoms with Crippen molar-refractivity contribution in [2.45, 2.75) is 26.2 Å². The molecule has 0 bridgehead atoms. The Bertz CT molecular complexity index is 640. The second kappa shape index (κ2) is 6.04. The number of carbonyl (C=O) groups is 1. The van der Waals surface area contributed by atoms with Gasteiger partial charge >= 0.3 is 0 Å². The average Bonchev–Trinajstić information content (AvgIpc) is 2.72. The predicted molar refractivity (Wildman–Crippen MR) is 80.9 cm³/mol. The summed E-state index contributed by atoms with van der Waals surface area (Å²) in [7, 11) is 0. The second-order valence-electron chi connectivity index (χ2n) is 5.43. The van der Waals surface area contributed by atoms with Crippen LogP contribution in [0.3, 0.4) is 0 Å². The minimum atomic E-state index is 0.194. The molecule has 0 aliphatic carbocycles. The lowest BCUT2D eigenvalue weighted by Crippen LogP contribution is -2.34. The number of hydrogen-bond donors (Lipinski definition) is 0. The molecule has 0 N–H and O–H groups in total. The molecular weight excluding hydrogens is 262 g/mol. The van der Waals surface area contributed by atoms with Crippen LogP contribution in [0.5, 0.6) is 0 Å². The van der Waals surface area contributed by atoms with E-state index in [2.05, 4.69) is 9.97 Å². The summed E-state index contributed by atoms with van der Waals surface area (Å²) in [6.45, 7) is 3.52. The molecule has 1 aromatic carbocycles.